The first-order valence-electron chi connectivity index (χ1n) is 8.97. The van der Waals surface area contributed by atoms with Crippen molar-refractivity contribution in [3.8, 4) is 11.5 Å². The van der Waals surface area contributed by atoms with Gasteiger partial charge in [-0.1, -0.05) is 41.7 Å². The number of aromatic nitrogens is 1. The molecule has 0 spiro atoms. The average molecular weight is 435 g/mol. The Balaban J connectivity index is 1.58. The number of nitrogens with one attached hydrogen (secondary N) is 1. The van der Waals surface area contributed by atoms with Gasteiger partial charge in [-0.3, -0.25) is 4.79 Å². The van der Waals surface area contributed by atoms with Gasteiger partial charge in [-0.05, 0) is 24.1 Å². The third-order valence-corrected chi connectivity index (χ3v) is 6.91. The Kier molecular flexibility index (Phi) is 6.71. The fourth-order valence-electron chi connectivity index (χ4n) is 2.87. The Bertz CT molecular complexity index is 1050. The van der Waals surface area contributed by atoms with Crippen molar-refractivity contribution in [1.29, 1.82) is 0 Å². The number of hydrogen-bond acceptors (Lipinski definition) is 7. The minimum absolute atomic E-state index is 0.0209. The summed E-state index contributed by atoms with van der Waals surface area (Å²) in [6.07, 6.45) is 0.344. The molecule has 0 saturated carbocycles. The van der Waals surface area contributed by atoms with Crippen molar-refractivity contribution in [2.75, 3.05) is 25.3 Å². The third-order valence-electron chi connectivity index (χ3n) is 4.25. The normalized spacial score (nSPS) is 11.4. The average Bonchev–Trinajstić information content (AvgIpc) is 3.10. The molecule has 1 aromatic heterocycles. The van der Waals surface area contributed by atoms with Crippen LogP contribution in [0.3, 0.4) is 0 Å². The van der Waals surface area contributed by atoms with Crippen LogP contribution in [0.5, 0.6) is 11.5 Å². The van der Waals surface area contributed by atoms with Crippen LogP contribution in [0.2, 0.25) is 0 Å². The number of rotatable bonds is 9. The summed E-state index contributed by atoms with van der Waals surface area (Å²) in [5.74, 6) is 0.885. The quantitative estimate of drug-likeness (QED) is 0.552. The van der Waals surface area contributed by atoms with Crippen LogP contribution in [0, 0.1) is 0 Å². The predicted octanol–water partition coefficient (Wildman–Crippen LogP) is 3.65. The van der Waals surface area contributed by atoms with Crippen molar-refractivity contribution in [3.05, 3.63) is 48.0 Å². The Morgan fingerprint density at radius 3 is 2.45 bits per heavy atom. The van der Waals surface area contributed by atoms with E-state index in [0.29, 0.717) is 22.1 Å². The fraction of sp³-hybridized carbons (Fsp3) is 0.300. The van der Waals surface area contributed by atoms with Crippen molar-refractivity contribution in [2.24, 2.45) is 0 Å². The summed E-state index contributed by atoms with van der Waals surface area (Å²) in [6, 6.07) is 12.5. The number of carbonyl (C=O) groups excluding carboxylic acids is 1. The number of nitrogens with zero attached hydrogens (tertiary/aromatic N) is 1. The van der Waals surface area contributed by atoms with Gasteiger partial charge in [0, 0.05) is 6.42 Å². The fourth-order valence-corrected chi connectivity index (χ4v) is 5.29. The second-order valence-electron chi connectivity index (χ2n) is 6.40. The molecule has 0 radical (unpaired) electrons. The van der Waals surface area contributed by atoms with Gasteiger partial charge in [0.25, 0.3) is 0 Å². The van der Waals surface area contributed by atoms with Crippen LogP contribution >= 0.6 is 11.3 Å². The number of hydrogen-bond donors (Lipinski definition) is 1. The molecule has 9 heteroatoms. The Morgan fingerprint density at radius 2 is 1.76 bits per heavy atom. The Hall–Kier alpha value is -2.65. The second-order valence-corrected chi connectivity index (χ2v) is 9.58. The highest BCUT2D eigenvalue weighted by Gasteiger charge is 2.16. The van der Waals surface area contributed by atoms with E-state index in [2.05, 4.69) is 10.3 Å². The number of fused-ring (bicyclic) bond motifs is 1. The van der Waals surface area contributed by atoms with E-state index < -0.39 is 9.84 Å². The van der Waals surface area contributed by atoms with Crippen LogP contribution in [0.25, 0.3) is 10.2 Å². The zero-order valence-electron chi connectivity index (χ0n) is 16.2. The molecule has 1 heterocycles. The van der Waals surface area contributed by atoms with Crippen LogP contribution in [-0.2, 0) is 20.4 Å². The number of anilines is 1. The Morgan fingerprint density at radius 1 is 1.07 bits per heavy atom. The summed E-state index contributed by atoms with van der Waals surface area (Å²) >= 11 is 1.28. The van der Waals surface area contributed by atoms with Crippen LogP contribution in [-0.4, -0.2) is 39.3 Å². The molecule has 3 aromatic rings. The van der Waals surface area contributed by atoms with Crippen LogP contribution < -0.4 is 14.8 Å². The molecule has 1 N–H and O–H groups in total. The largest absolute Gasteiger partial charge is 0.495 e. The standard InChI is InChI=1S/C20H22N2O5S2/c1-26-15-10-11-16(27-2)19-18(15)22-20(28-19)21-17(23)9-6-12-29(24,25)13-14-7-4-3-5-8-14/h3-5,7-8,10-11H,6,9,12-13H2,1-2H3,(H,21,22,23). The molecule has 3 rings (SSSR count). The number of amides is 1. The number of thiazole rings is 1. The summed E-state index contributed by atoms with van der Waals surface area (Å²) in [5.41, 5.74) is 1.35. The van der Waals surface area contributed by atoms with Crippen LogP contribution in [0.15, 0.2) is 42.5 Å². The van der Waals surface area contributed by atoms with E-state index in [0.717, 1.165) is 10.3 Å². The molecule has 7 nitrogen and oxygen atoms in total. The molecule has 0 aliphatic rings. The van der Waals surface area contributed by atoms with E-state index in [1.165, 1.54) is 11.3 Å². The first kappa shape index (κ1) is 21.1. The smallest absolute Gasteiger partial charge is 0.226 e. The lowest BCUT2D eigenvalue weighted by molar-refractivity contribution is -0.116. The molecule has 0 unspecified atom stereocenters. The van der Waals surface area contributed by atoms with Gasteiger partial charge < -0.3 is 14.8 Å². The molecule has 0 aliphatic heterocycles. The zero-order valence-corrected chi connectivity index (χ0v) is 17.8. The van der Waals surface area contributed by atoms with Gasteiger partial charge in [0.1, 0.15) is 21.7 Å². The lowest BCUT2D eigenvalue weighted by atomic mass is 10.2. The summed E-state index contributed by atoms with van der Waals surface area (Å²) < 4.78 is 35.9. The highest BCUT2D eigenvalue weighted by molar-refractivity contribution is 7.90. The van der Waals surface area contributed by atoms with Gasteiger partial charge in [0.15, 0.2) is 15.0 Å². The molecule has 0 bridgehead atoms. The van der Waals surface area contributed by atoms with Gasteiger partial charge in [0.2, 0.25) is 5.91 Å². The van der Waals surface area contributed by atoms with E-state index >= 15 is 0 Å². The van der Waals surface area contributed by atoms with Gasteiger partial charge in [-0.25, -0.2) is 13.4 Å². The van der Waals surface area contributed by atoms with Gasteiger partial charge in [-0.15, -0.1) is 0 Å². The molecule has 29 heavy (non-hydrogen) atoms. The summed E-state index contributed by atoms with van der Waals surface area (Å²) in [7, 11) is -0.153. The maximum atomic E-state index is 12.2. The minimum atomic E-state index is -3.27. The molecular formula is C20H22N2O5S2. The molecular weight excluding hydrogens is 412 g/mol. The molecule has 0 atom stereocenters. The van der Waals surface area contributed by atoms with E-state index in [4.69, 9.17) is 9.47 Å². The van der Waals surface area contributed by atoms with Crippen molar-refractivity contribution in [2.45, 2.75) is 18.6 Å². The van der Waals surface area contributed by atoms with E-state index in [9.17, 15) is 13.2 Å². The van der Waals surface area contributed by atoms with Gasteiger partial charge >= 0.3 is 0 Å². The van der Waals surface area contributed by atoms with Crippen LogP contribution in [0.1, 0.15) is 18.4 Å². The van der Waals surface area contributed by atoms with Crippen molar-refractivity contribution in [3.63, 3.8) is 0 Å². The topological polar surface area (TPSA) is 94.6 Å². The van der Waals surface area contributed by atoms with Gasteiger partial charge in [0.05, 0.1) is 25.7 Å². The van der Waals surface area contributed by atoms with E-state index in [1.807, 2.05) is 6.07 Å². The zero-order chi connectivity index (χ0) is 20.9. The number of ether oxygens (including phenoxy) is 2. The lowest BCUT2D eigenvalue weighted by Crippen LogP contribution is -2.15. The van der Waals surface area contributed by atoms with Crippen molar-refractivity contribution >= 4 is 42.4 Å². The monoisotopic (exact) mass is 434 g/mol. The van der Waals surface area contributed by atoms with Crippen LogP contribution in [0.4, 0.5) is 5.13 Å². The predicted molar refractivity (Wildman–Crippen MR) is 115 cm³/mol. The molecule has 2 aromatic carbocycles. The summed E-state index contributed by atoms with van der Waals surface area (Å²) in [6.45, 7) is 0. The summed E-state index contributed by atoms with van der Waals surface area (Å²) in [4.78, 5) is 16.6. The number of sulfone groups is 1. The maximum Gasteiger partial charge on any atom is 0.226 e. The van der Waals surface area contributed by atoms with Gasteiger partial charge in [-0.2, -0.15) is 0 Å². The van der Waals surface area contributed by atoms with Crippen molar-refractivity contribution < 1.29 is 22.7 Å². The first-order chi connectivity index (χ1) is 13.9. The highest BCUT2D eigenvalue weighted by Crippen LogP contribution is 2.38. The molecule has 1 amide bonds. The minimum Gasteiger partial charge on any atom is -0.495 e. The second kappa shape index (κ2) is 9.23. The summed E-state index contributed by atoms with van der Waals surface area (Å²) in [5, 5.41) is 3.15. The number of benzene rings is 2. The SMILES string of the molecule is COc1ccc(OC)c2sc(NC(=O)CCCS(=O)(=O)Cc3ccccc3)nc12. The van der Waals surface area contributed by atoms with E-state index in [-0.39, 0.29) is 30.3 Å². The first-order valence-corrected chi connectivity index (χ1v) is 11.6. The highest BCUT2D eigenvalue weighted by atomic mass is 32.2. The molecule has 154 valence electrons. The maximum absolute atomic E-state index is 12.2. The lowest BCUT2D eigenvalue weighted by Gasteiger charge is -2.05. The number of carbonyl (C=O) groups is 1. The van der Waals surface area contributed by atoms with E-state index in [1.54, 1.807) is 50.6 Å². The molecule has 0 fully saturated rings. The molecule has 0 saturated heterocycles. The Labute approximate surface area is 173 Å². The molecule has 0 aliphatic carbocycles. The van der Waals surface area contributed by atoms with Crippen molar-refractivity contribution in [1.82, 2.24) is 4.98 Å². The number of methoxy groups -OCH3 is 2. The third kappa shape index (κ3) is 5.45.